The summed E-state index contributed by atoms with van der Waals surface area (Å²) >= 11 is 0. The van der Waals surface area contributed by atoms with Crippen LogP contribution in [-0.2, 0) is 0 Å². The van der Waals surface area contributed by atoms with Gasteiger partial charge in [-0.25, -0.2) is 4.39 Å². The van der Waals surface area contributed by atoms with Gasteiger partial charge >= 0.3 is 0 Å². The van der Waals surface area contributed by atoms with Crippen molar-refractivity contribution in [3.8, 4) is 0 Å². The Morgan fingerprint density at radius 2 is 0.812 bits per heavy atom. The first kappa shape index (κ1) is 30.5. The van der Waals surface area contributed by atoms with Crippen LogP contribution in [0.2, 0.25) is 0 Å². The van der Waals surface area contributed by atoms with Crippen molar-refractivity contribution in [2.24, 2.45) is 30.7 Å². The van der Waals surface area contributed by atoms with Crippen LogP contribution in [0.1, 0.15) is 20.3 Å². The molecule has 1 atom stereocenters. The Labute approximate surface area is 277 Å². The van der Waals surface area contributed by atoms with E-state index >= 15 is 0 Å². The highest BCUT2D eigenvalue weighted by molar-refractivity contribution is 6.02. The van der Waals surface area contributed by atoms with E-state index in [0.29, 0.717) is 23.1 Å². The van der Waals surface area contributed by atoms with Crippen molar-refractivity contribution in [1.82, 2.24) is 0 Å². The molecule has 1 N–H and O–H groups in total. The third-order valence-electron chi connectivity index (χ3n) is 8.30. The van der Waals surface area contributed by atoms with Crippen LogP contribution >= 0.6 is 0 Å². The molecule has 48 heavy (non-hydrogen) atoms. The predicted octanol–water partition coefficient (Wildman–Crippen LogP) is 13.7. The standard InChI is InChI=1S/C40H32FN7/c1-3-26(2)42-35-20-21-37(30-11-5-4-10-29(30)35)45-46-39-24-25-40(34-15-9-8-14-33(34)39)48-47-38-23-22-36(31-12-6-7-13-32(31)38)44-43-28-18-16-27(41)17-19-28/h4-26,42H,3H2,1-2H3. The van der Waals surface area contributed by atoms with Crippen LogP contribution in [0.15, 0.2) is 164 Å². The molecule has 0 heterocycles. The number of nitrogens with one attached hydrogen (secondary N) is 1. The summed E-state index contributed by atoms with van der Waals surface area (Å²) in [5, 5.41) is 36.9. The van der Waals surface area contributed by atoms with Crippen LogP contribution < -0.4 is 5.32 Å². The first-order chi connectivity index (χ1) is 23.6. The van der Waals surface area contributed by atoms with E-state index in [1.807, 2.05) is 91.0 Å². The van der Waals surface area contributed by atoms with Gasteiger partial charge in [-0.15, -0.1) is 25.6 Å². The molecular weight excluding hydrogens is 597 g/mol. The minimum Gasteiger partial charge on any atom is -0.382 e. The number of hydrogen-bond donors (Lipinski definition) is 1. The molecule has 7 rings (SSSR count). The number of halogens is 1. The second-order valence-electron chi connectivity index (χ2n) is 11.5. The van der Waals surface area contributed by atoms with Gasteiger partial charge in [0.1, 0.15) is 5.82 Å². The number of hydrogen-bond acceptors (Lipinski definition) is 7. The predicted molar refractivity (Wildman–Crippen MR) is 194 cm³/mol. The molecule has 0 saturated heterocycles. The average molecular weight is 630 g/mol. The molecule has 7 aromatic carbocycles. The average Bonchev–Trinajstić information content (AvgIpc) is 3.13. The van der Waals surface area contributed by atoms with Gasteiger partial charge in [-0.05, 0) is 74.0 Å². The summed E-state index contributed by atoms with van der Waals surface area (Å²) in [5.41, 5.74) is 5.33. The summed E-state index contributed by atoms with van der Waals surface area (Å²) in [6.07, 6.45) is 1.04. The van der Waals surface area contributed by atoms with E-state index in [9.17, 15) is 4.39 Å². The zero-order valence-corrected chi connectivity index (χ0v) is 26.5. The van der Waals surface area contributed by atoms with Crippen LogP contribution in [0.25, 0.3) is 32.3 Å². The Kier molecular flexibility index (Phi) is 8.70. The lowest BCUT2D eigenvalue weighted by atomic mass is 10.1. The molecule has 234 valence electrons. The molecule has 1 unspecified atom stereocenters. The normalized spacial score (nSPS) is 12.6. The summed E-state index contributed by atoms with van der Waals surface area (Å²) in [6, 6.07) is 42.1. The number of anilines is 1. The van der Waals surface area contributed by atoms with Crippen molar-refractivity contribution in [3.05, 3.63) is 139 Å². The van der Waals surface area contributed by atoms with E-state index in [2.05, 4.69) is 57.8 Å². The number of rotatable bonds is 9. The van der Waals surface area contributed by atoms with Gasteiger partial charge in [-0.3, -0.25) is 0 Å². The van der Waals surface area contributed by atoms with Crippen molar-refractivity contribution in [3.63, 3.8) is 0 Å². The number of fused-ring (bicyclic) bond motifs is 3. The second-order valence-corrected chi connectivity index (χ2v) is 11.5. The van der Waals surface area contributed by atoms with E-state index in [1.54, 1.807) is 12.1 Å². The van der Waals surface area contributed by atoms with Crippen LogP contribution in [0.3, 0.4) is 0 Å². The molecule has 0 aliphatic carbocycles. The fraction of sp³-hybridized carbons (Fsp3) is 0.100. The molecule has 0 saturated carbocycles. The molecule has 0 aliphatic heterocycles. The van der Waals surface area contributed by atoms with Crippen molar-refractivity contribution in [1.29, 1.82) is 0 Å². The Hall–Kier alpha value is -6.15. The zero-order chi connectivity index (χ0) is 32.9. The largest absolute Gasteiger partial charge is 0.382 e. The summed E-state index contributed by atoms with van der Waals surface area (Å²) in [5.74, 6) is -0.314. The van der Waals surface area contributed by atoms with E-state index in [4.69, 9.17) is 10.2 Å². The van der Waals surface area contributed by atoms with Gasteiger partial charge in [-0.2, -0.15) is 5.11 Å². The number of benzene rings is 7. The lowest BCUT2D eigenvalue weighted by Gasteiger charge is -2.15. The van der Waals surface area contributed by atoms with Gasteiger partial charge in [0.2, 0.25) is 0 Å². The topological polar surface area (TPSA) is 86.2 Å². The first-order valence-electron chi connectivity index (χ1n) is 15.9. The SMILES string of the molecule is CCC(C)Nc1ccc(N=Nc2ccc(N=Nc3ccc(N=Nc4ccc(F)cc4)c4ccccc34)c3ccccc23)c2ccccc12. The maximum atomic E-state index is 13.3. The Morgan fingerprint density at radius 3 is 1.23 bits per heavy atom. The van der Waals surface area contributed by atoms with Crippen LogP contribution in [0, 0.1) is 5.82 Å². The lowest BCUT2D eigenvalue weighted by Crippen LogP contribution is -2.13. The van der Waals surface area contributed by atoms with Crippen LogP contribution in [0.4, 0.5) is 44.2 Å². The maximum absolute atomic E-state index is 13.3. The van der Waals surface area contributed by atoms with Gasteiger partial charge in [0.15, 0.2) is 0 Å². The molecule has 0 radical (unpaired) electrons. The summed E-state index contributed by atoms with van der Waals surface area (Å²) < 4.78 is 13.3. The highest BCUT2D eigenvalue weighted by Gasteiger charge is 2.10. The van der Waals surface area contributed by atoms with Gasteiger partial charge in [0.05, 0.1) is 34.1 Å². The third kappa shape index (κ3) is 6.41. The van der Waals surface area contributed by atoms with E-state index in [1.165, 1.54) is 12.1 Å². The number of azo groups is 3. The highest BCUT2D eigenvalue weighted by atomic mass is 19.1. The first-order valence-corrected chi connectivity index (χ1v) is 15.9. The molecule has 0 spiro atoms. The smallest absolute Gasteiger partial charge is 0.123 e. The van der Waals surface area contributed by atoms with Gasteiger partial charge in [-0.1, -0.05) is 79.7 Å². The summed E-state index contributed by atoms with van der Waals surface area (Å²) in [7, 11) is 0. The summed E-state index contributed by atoms with van der Waals surface area (Å²) in [6.45, 7) is 4.35. The van der Waals surface area contributed by atoms with Crippen molar-refractivity contribution in [2.75, 3.05) is 5.32 Å². The van der Waals surface area contributed by atoms with Crippen molar-refractivity contribution in [2.45, 2.75) is 26.3 Å². The molecule has 0 aliphatic rings. The third-order valence-corrected chi connectivity index (χ3v) is 8.30. The fourth-order valence-corrected chi connectivity index (χ4v) is 5.58. The minimum absolute atomic E-state index is 0.314. The van der Waals surface area contributed by atoms with Crippen molar-refractivity contribution < 1.29 is 4.39 Å². The maximum Gasteiger partial charge on any atom is 0.123 e. The van der Waals surface area contributed by atoms with Crippen LogP contribution in [0.5, 0.6) is 0 Å². The molecule has 7 nitrogen and oxygen atoms in total. The molecule has 0 amide bonds. The fourth-order valence-electron chi connectivity index (χ4n) is 5.58. The zero-order valence-electron chi connectivity index (χ0n) is 26.5. The monoisotopic (exact) mass is 629 g/mol. The minimum atomic E-state index is -0.314. The molecule has 0 bridgehead atoms. The van der Waals surface area contributed by atoms with E-state index in [0.717, 1.165) is 61.5 Å². The lowest BCUT2D eigenvalue weighted by molar-refractivity contribution is 0.628. The highest BCUT2D eigenvalue weighted by Crippen LogP contribution is 2.39. The molecule has 7 aromatic rings. The van der Waals surface area contributed by atoms with Gasteiger partial charge in [0.25, 0.3) is 0 Å². The van der Waals surface area contributed by atoms with Crippen LogP contribution in [-0.4, -0.2) is 6.04 Å². The molecule has 0 aromatic heterocycles. The van der Waals surface area contributed by atoms with E-state index in [-0.39, 0.29) is 5.82 Å². The molecule has 0 fully saturated rings. The Balaban J connectivity index is 1.19. The Bertz CT molecular complexity index is 2350. The number of nitrogens with zero attached hydrogens (tertiary/aromatic N) is 6. The van der Waals surface area contributed by atoms with Gasteiger partial charge < -0.3 is 5.32 Å². The molecular formula is C40H32FN7. The summed E-state index contributed by atoms with van der Waals surface area (Å²) in [4.78, 5) is 0. The van der Waals surface area contributed by atoms with E-state index < -0.39 is 0 Å². The Morgan fingerprint density at radius 1 is 0.458 bits per heavy atom. The van der Waals surface area contributed by atoms with Crippen molar-refractivity contribution >= 4 is 72.1 Å². The van der Waals surface area contributed by atoms with Gasteiger partial charge in [0, 0.05) is 44.0 Å². The second kappa shape index (κ2) is 13.7. The molecule has 8 heteroatoms. The quantitative estimate of drug-likeness (QED) is 0.158.